The fourth-order valence-corrected chi connectivity index (χ4v) is 7.85. The second kappa shape index (κ2) is 22.2. The second-order valence-corrected chi connectivity index (χ2v) is 14.5. The Morgan fingerprint density at radius 3 is 1.96 bits per heavy atom. The summed E-state index contributed by atoms with van der Waals surface area (Å²) in [5.41, 5.74) is 3.87. The van der Waals surface area contributed by atoms with Crippen molar-refractivity contribution in [2.75, 3.05) is 46.2 Å². The SMILES string of the molecule is CCCCOC[C@H]1S[C@@H](c2cccc(Cc3ccc(OC4CCOCC4)cc3)c2)[C@H](OCCCC)[C@@H](OCCCC)[C@@H]1OCCCC. The van der Waals surface area contributed by atoms with Crippen LogP contribution in [0.3, 0.4) is 0 Å². The van der Waals surface area contributed by atoms with Crippen LogP contribution in [0.25, 0.3) is 0 Å². The standard InChI is InChI=1S/C40H62O6S/c1-5-9-22-42-30-36-37(43-23-10-6-2)38(44-24-11-7-3)39(45-25-12-8-4)40(47-36)33-15-13-14-32(29-33)28-31-16-18-34(19-17-31)46-35-20-26-41-27-21-35/h13-19,29,35-40H,5-12,20-28,30H2,1-4H3/t36-,37-,38+,39-,40+/m1/s1. The molecule has 2 fully saturated rings. The molecule has 0 N–H and O–H groups in total. The van der Waals surface area contributed by atoms with E-state index in [-0.39, 0.29) is 34.9 Å². The average molecular weight is 671 g/mol. The van der Waals surface area contributed by atoms with Crippen molar-refractivity contribution in [3.63, 3.8) is 0 Å². The van der Waals surface area contributed by atoms with Crippen LogP contribution in [-0.4, -0.2) is 75.9 Å². The zero-order chi connectivity index (χ0) is 33.1. The van der Waals surface area contributed by atoms with Gasteiger partial charge in [-0.05, 0) is 60.9 Å². The van der Waals surface area contributed by atoms with E-state index in [4.69, 9.17) is 28.4 Å². The molecule has 0 aliphatic carbocycles. The van der Waals surface area contributed by atoms with Gasteiger partial charge in [-0.3, -0.25) is 0 Å². The third-order valence-corrected chi connectivity index (χ3v) is 10.7. The van der Waals surface area contributed by atoms with E-state index in [0.717, 1.165) is 116 Å². The number of unbranched alkanes of at least 4 members (excludes halogenated alkanes) is 4. The first-order valence-electron chi connectivity index (χ1n) is 18.7. The Morgan fingerprint density at radius 2 is 1.30 bits per heavy atom. The van der Waals surface area contributed by atoms with E-state index < -0.39 is 0 Å². The van der Waals surface area contributed by atoms with Gasteiger partial charge in [0.05, 0.1) is 30.3 Å². The molecular formula is C40H62O6S. The highest BCUT2D eigenvalue weighted by Crippen LogP contribution is 2.47. The Hall–Kier alpha value is -1.61. The number of thioether (sulfide) groups is 1. The van der Waals surface area contributed by atoms with E-state index in [9.17, 15) is 0 Å². The smallest absolute Gasteiger partial charge is 0.119 e. The van der Waals surface area contributed by atoms with Crippen molar-refractivity contribution >= 4 is 11.8 Å². The lowest BCUT2D eigenvalue weighted by Gasteiger charge is -2.46. The molecule has 0 aromatic heterocycles. The Bertz CT molecular complexity index is 1090. The molecule has 0 radical (unpaired) electrons. The minimum Gasteiger partial charge on any atom is -0.490 e. The third-order valence-electron chi connectivity index (χ3n) is 9.06. The highest BCUT2D eigenvalue weighted by Gasteiger charge is 2.48. The quantitative estimate of drug-likeness (QED) is 0.116. The summed E-state index contributed by atoms with van der Waals surface area (Å²) in [4.78, 5) is 0. The van der Waals surface area contributed by atoms with E-state index in [0.29, 0.717) is 6.61 Å². The first-order valence-corrected chi connectivity index (χ1v) is 19.6. The van der Waals surface area contributed by atoms with Gasteiger partial charge in [0.15, 0.2) is 0 Å². The maximum atomic E-state index is 6.81. The van der Waals surface area contributed by atoms with Crippen LogP contribution in [0.5, 0.6) is 5.75 Å². The average Bonchev–Trinajstić information content (AvgIpc) is 3.09. The monoisotopic (exact) mass is 670 g/mol. The Labute approximate surface area is 289 Å². The lowest BCUT2D eigenvalue weighted by molar-refractivity contribution is -0.149. The highest BCUT2D eigenvalue weighted by atomic mass is 32.2. The summed E-state index contributed by atoms with van der Waals surface area (Å²) >= 11 is 1.97. The molecule has 2 aromatic rings. The number of ether oxygens (including phenoxy) is 6. The van der Waals surface area contributed by atoms with Crippen molar-refractivity contribution in [3.05, 3.63) is 65.2 Å². The van der Waals surface area contributed by atoms with Crippen LogP contribution in [0.1, 0.15) is 114 Å². The summed E-state index contributed by atoms with van der Waals surface area (Å²) in [5, 5.41) is 0.290. The Kier molecular flexibility index (Phi) is 18.0. The molecule has 7 heteroatoms. The molecule has 264 valence electrons. The third kappa shape index (κ3) is 12.7. The molecule has 0 unspecified atom stereocenters. The maximum Gasteiger partial charge on any atom is 0.119 e. The van der Waals surface area contributed by atoms with Crippen molar-refractivity contribution < 1.29 is 28.4 Å². The minimum atomic E-state index is -0.145. The molecule has 0 saturated carbocycles. The maximum absolute atomic E-state index is 6.81. The molecule has 2 aliphatic heterocycles. The summed E-state index contributed by atoms with van der Waals surface area (Å²) in [6.45, 7) is 14.1. The normalized spacial score (nSPS) is 23.6. The van der Waals surface area contributed by atoms with Crippen molar-refractivity contribution in [2.24, 2.45) is 0 Å². The largest absolute Gasteiger partial charge is 0.490 e. The van der Waals surface area contributed by atoms with E-state index in [1.807, 2.05) is 11.8 Å². The number of hydrogen-bond acceptors (Lipinski definition) is 7. The van der Waals surface area contributed by atoms with Gasteiger partial charge < -0.3 is 28.4 Å². The zero-order valence-electron chi connectivity index (χ0n) is 29.7. The van der Waals surface area contributed by atoms with Gasteiger partial charge in [0.1, 0.15) is 30.2 Å². The molecule has 5 atom stereocenters. The molecule has 47 heavy (non-hydrogen) atoms. The highest BCUT2D eigenvalue weighted by molar-refractivity contribution is 8.00. The molecule has 0 amide bonds. The van der Waals surface area contributed by atoms with Gasteiger partial charge in [0, 0.05) is 39.3 Å². The van der Waals surface area contributed by atoms with Gasteiger partial charge in [-0.2, -0.15) is 0 Å². The summed E-state index contributed by atoms with van der Waals surface area (Å²) in [6.07, 6.45) is 11.3. The van der Waals surface area contributed by atoms with Crippen molar-refractivity contribution in [1.82, 2.24) is 0 Å². The molecule has 6 nitrogen and oxygen atoms in total. The lowest BCUT2D eigenvalue weighted by atomic mass is 9.94. The number of benzene rings is 2. The Morgan fingerprint density at radius 1 is 0.681 bits per heavy atom. The molecular weight excluding hydrogens is 609 g/mol. The van der Waals surface area contributed by atoms with Crippen LogP contribution in [0.15, 0.2) is 48.5 Å². The summed E-state index contributed by atoms with van der Waals surface area (Å²) in [5.74, 6) is 0.942. The molecule has 2 aromatic carbocycles. The van der Waals surface area contributed by atoms with Crippen molar-refractivity contribution in [1.29, 1.82) is 0 Å². The molecule has 4 rings (SSSR count). The summed E-state index contributed by atoms with van der Waals surface area (Å²) < 4.78 is 38.3. The fourth-order valence-electron chi connectivity index (χ4n) is 6.22. The van der Waals surface area contributed by atoms with Crippen LogP contribution in [0, 0.1) is 0 Å². The molecule has 0 spiro atoms. The second-order valence-electron chi connectivity index (χ2n) is 13.1. The first kappa shape index (κ1) is 38.2. The molecule has 2 saturated heterocycles. The lowest BCUT2D eigenvalue weighted by Crippen LogP contribution is -2.55. The van der Waals surface area contributed by atoms with Crippen LogP contribution in [0.4, 0.5) is 0 Å². The number of hydrogen-bond donors (Lipinski definition) is 0. The van der Waals surface area contributed by atoms with Crippen molar-refractivity contribution in [2.45, 2.75) is 133 Å². The molecule has 2 heterocycles. The number of rotatable bonds is 22. The van der Waals surface area contributed by atoms with E-state index >= 15 is 0 Å². The predicted octanol–water partition coefficient (Wildman–Crippen LogP) is 9.36. The minimum absolute atomic E-state index is 0.0713. The van der Waals surface area contributed by atoms with E-state index in [1.54, 1.807) is 0 Å². The summed E-state index contributed by atoms with van der Waals surface area (Å²) in [6, 6.07) is 17.7. The van der Waals surface area contributed by atoms with Gasteiger partial charge in [0.25, 0.3) is 0 Å². The first-order chi connectivity index (χ1) is 23.2. The van der Waals surface area contributed by atoms with Crippen LogP contribution in [0.2, 0.25) is 0 Å². The predicted molar refractivity (Wildman–Crippen MR) is 194 cm³/mol. The van der Waals surface area contributed by atoms with Gasteiger partial charge in [-0.1, -0.05) is 89.8 Å². The Balaban J connectivity index is 1.56. The zero-order valence-corrected chi connectivity index (χ0v) is 30.5. The van der Waals surface area contributed by atoms with Gasteiger partial charge in [-0.15, -0.1) is 11.8 Å². The summed E-state index contributed by atoms with van der Waals surface area (Å²) in [7, 11) is 0. The van der Waals surface area contributed by atoms with Crippen LogP contribution >= 0.6 is 11.8 Å². The molecule has 2 aliphatic rings. The van der Waals surface area contributed by atoms with Gasteiger partial charge in [0.2, 0.25) is 0 Å². The topological polar surface area (TPSA) is 55.4 Å². The van der Waals surface area contributed by atoms with Crippen molar-refractivity contribution in [3.8, 4) is 5.75 Å². The van der Waals surface area contributed by atoms with E-state index in [2.05, 4.69) is 76.2 Å². The molecule has 0 bridgehead atoms. The van der Waals surface area contributed by atoms with Crippen LogP contribution in [-0.2, 0) is 30.1 Å². The van der Waals surface area contributed by atoms with Crippen LogP contribution < -0.4 is 4.74 Å². The van der Waals surface area contributed by atoms with Gasteiger partial charge >= 0.3 is 0 Å². The van der Waals surface area contributed by atoms with E-state index in [1.165, 1.54) is 16.7 Å². The fraction of sp³-hybridized carbons (Fsp3) is 0.700. The van der Waals surface area contributed by atoms with Gasteiger partial charge in [-0.25, -0.2) is 0 Å².